The molecule has 1 heterocycles. The fourth-order valence-electron chi connectivity index (χ4n) is 2.95. The molecule has 1 aliphatic carbocycles. The molecule has 0 saturated carbocycles. The Bertz CT molecular complexity index is 757. The summed E-state index contributed by atoms with van der Waals surface area (Å²) in [5.41, 5.74) is 9.76. The van der Waals surface area contributed by atoms with Gasteiger partial charge in [-0.3, -0.25) is 14.8 Å². The van der Waals surface area contributed by atoms with E-state index in [1.807, 2.05) is 0 Å². The first-order valence-electron chi connectivity index (χ1n) is 7.08. The lowest BCUT2D eigenvalue weighted by molar-refractivity contribution is -0.384. The quantitative estimate of drug-likeness (QED) is 0.690. The molecule has 2 aromatic rings. The van der Waals surface area contributed by atoms with Crippen molar-refractivity contribution >= 4 is 5.69 Å². The summed E-state index contributed by atoms with van der Waals surface area (Å²) in [5.74, 6) is 0. The summed E-state index contributed by atoms with van der Waals surface area (Å²) in [6, 6.07) is 8.27. The van der Waals surface area contributed by atoms with Gasteiger partial charge in [-0.1, -0.05) is 0 Å². The van der Waals surface area contributed by atoms with Gasteiger partial charge in [-0.15, -0.1) is 0 Å². The maximum absolute atomic E-state index is 10.8. The van der Waals surface area contributed by atoms with Crippen molar-refractivity contribution in [3.8, 4) is 17.3 Å². The highest BCUT2D eigenvalue weighted by Crippen LogP contribution is 2.36. The van der Waals surface area contributed by atoms with Crippen molar-refractivity contribution in [1.29, 1.82) is 5.26 Å². The standard InChI is InChI=1S/C15H15N5O2/c16-8-9-19-13-3-1-2-12(17)14(13)15(18-19)10-4-6-11(7-5-10)20(21)22/h4-7,12H,1-3,9,17H2. The largest absolute Gasteiger partial charge is 0.324 e. The fourth-order valence-corrected chi connectivity index (χ4v) is 2.95. The number of fused-ring (bicyclic) bond motifs is 1. The summed E-state index contributed by atoms with van der Waals surface area (Å²) in [6.07, 6.45) is 2.71. The zero-order valence-electron chi connectivity index (χ0n) is 11.9. The topological polar surface area (TPSA) is 111 Å². The summed E-state index contributed by atoms with van der Waals surface area (Å²) >= 11 is 0. The summed E-state index contributed by atoms with van der Waals surface area (Å²) in [4.78, 5) is 10.3. The van der Waals surface area contributed by atoms with Crippen molar-refractivity contribution in [3.05, 3.63) is 45.6 Å². The molecule has 2 N–H and O–H groups in total. The number of rotatable bonds is 3. The number of nitro groups is 1. The van der Waals surface area contributed by atoms with Gasteiger partial charge in [0.25, 0.3) is 5.69 Å². The molecule has 1 aliphatic rings. The average Bonchev–Trinajstić information content (AvgIpc) is 2.88. The van der Waals surface area contributed by atoms with Crippen molar-refractivity contribution in [2.75, 3.05) is 0 Å². The van der Waals surface area contributed by atoms with Crippen molar-refractivity contribution in [2.45, 2.75) is 31.8 Å². The maximum Gasteiger partial charge on any atom is 0.269 e. The number of nitriles is 1. The Labute approximate surface area is 127 Å². The van der Waals surface area contributed by atoms with Gasteiger partial charge in [-0.2, -0.15) is 10.4 Å². The number of nitrogens with zero attached hydrogens (tertiary/aromatic N) is 4. The number of hydrogen-bond donors (Lipinski definition) is 1. The van der Waals surface area contributed by atoms with E-state index in [-0.39, 0.29) is 18.3 Å². The predicted molar refractivity (Wildman–Crippen MR) is 79.8 cm³/mol. The molecule has 1 atom stereocenters. The van der Waals surface area contributed by atoms with Crippen molar-refractivity contribution in [3.63, 3.8) is 0 Å². The third-order valence-corrected chi connectivity index (χ3v) is 3.97. The van der Waals surface area contributed by atoms with Crippen LogP contribution >= 0.6 is 0 Å². The molecule has 1 unspecified atom stereocenters. The Morgan fingerprint density at radius 3 is 2.82 bits per heavy atom. The van der Waals surface area contributed by atoms with E-state index in [0.29, 0.717) is 0 Å². The molecular weight excluding hydrogens is 282 g/mol. The Morgan fingerprint density at radius 2 is 2.18 bits per heavy atom. The highest BCUT2D eigenvalue weighted by Gasteiger charge is 2.27. The van der Waals surface area contributed by atoms with Gasteiger partial charge in [-0.25, -0.2) is 0 Å². The Balaban J connectivity index is 2.10. The molecule has 0 fully saturated rings. The summed E-state index contributed by atoms with van der Waals surface area (Å²) in [6.45, 7) is 0.183. The van der Waals surface area contributed by atoms with Gasteiger partial charge in [0.1, 0.15) is 6.54 Å². The van der Waals surface area contributed by atoms with Gasteiger partial charge in [0.15, 0.2) is 0 Å². The number of nitro benzene ring substituents is 1. The van der Waals surface area contributed by atoms with Crippen molar-refractivity contribution < 1.29 is 4.92 Å². The SMILES string of the molecule is N#CCn1nc(-c2ccc([N+](=O)[O-])cc2)c2c1CCCC2N. The molecular formula is C15H15N5O2. The van der Waals surface area contributed by atoms with Crippen molar-refractivity contribution in [2.24, 2.45) is 5.73 Å². The first kappa shape index (κ1) is 14.2. The molecule has 7 heteroatoms. The molecule has 22 heavy (non-hydrogen) atoms. The minimum Gasteiger partial charge on any atom is -0.324 e. The van der Waals surface area contributed by atoms with Crippen LogP contribution in [0.2, 0.25) is 0 Å². The third kappa shape index (κ3) is 2.34. The van der Waals surface area contributed by atoms with Gasteiger partial charge in [0, 0.05) is 35.0 Å². The highest BCUT2D eigenvalue weighted by molar-refractivity contribution is 5.66. The van der Waals surface area contributed by atoms with Gasteiger partial charge in [0.05, 0.1) is 16.7 Å². The number of hydrogen-bond acceptors (Lipinski definition) is 5. The van der Waals surface area contributed by atoms with Gasteiger partial charge < -0.3 is 5.73 Å². The molecule has 1 aromatic heterocycles. The second kappa shape index (κ2) is 5.58. The van der Waals surface area contributed by atoms with E-state index in [2.05, 4.69) is 11.2 Å². The number of benzene rings is 1. The van der Waals surface area contributed by atoms with E-state index < -0.39 is 4.92 Å². The van der Waals surface area contributed by atoms with Gasteiger partial charge >= 0.3 is 0 Å². The van der Waals surface area contributed by atoms with E-state index in [1.165, 1.54) is 12.1 Å². The Kier molecular flexibility index (Phi) is 3.61. The van der Waals surface area contributed by atoms with Crippen LogP contribution in [0.3, 0.4) is 0 Å². The minimum absolute atomic E-state index is 0.0402. The van der Waals surface area contributed by atoms with E-state index in [9.17, 15) is 10.1 Å². The van der Waals surface area contributed by atoms with Crippen LogP contribution in [-0.2, 0) is 13.0 Å². The van der Waals surface area contributed by atoms with Gasteiger partial charge in [0.2, 0.25) is 0 Å². The summed E-state index contributed by atoms with van der Waals surface area (Å²) < 4.78 is 1.70. The lowest BCUT2D eigenvalue weighted by Crippen LogP contribution is -2.18. The zero-order chi connectivity index (χ0) is 15.7. The second-order valence-electron chi connectivity index (χ2n) is 5.33. The fraction of sp³-hybridized carbons (Fsp3) is 0.333. The molecule has 7 nitrogen and oxygen atoms in total. The van der Waals surface area contributed by atoms with Crippen LogP contribution in [0.25, 0.3) is 11.3 Å². The Hall–Kier alpha value is -2.72. The van der Waals surface area contributed by atoms with Crippen LogP contribution in [0.15, 0.2) is 24.3 Å². The van der Waals surface area contributed by atoms with Crippen LogP contribution in [0.5, 0.6) is 0 Å². The molecule has 112 valence electrons. The van der Waals surface area contributed by atoms with Crippen LogP contribution in [0.1, 0.15) is 30.1 Å². The number of non-ortho nitro benzene ring substituents is 1. The van der Waals surface area contributed by atoms with E-state index in [1.54, 1.807) is 16.8 Å². The molecule has 3 rings (SSSR count). The zero-order valence-corrected chi connectivity index (χ0v) is 11.9. The van der Waals surface area contributed by atoms with Crippen LogP contribution in [-0.4, -0.2) is 14.7 Å². The third-order valence-electron chi connectivity index (χ3n) is 3.97. The lowest BCUT2D eigenvalue weighted by atomic mass is 9.89. The molecule has 0 radical (unpaired) electrons. The molecule has 1 aromatic carbocycles. The number of aromatic nitrogens is 2. The highest BCUT2D eigenvalue weighted by atomic mass is 16.6. The van der Waals surface area contributed by atoms with E-state index >= 15 is 0 Å². The van der Waals surface area contributed by atoms with E-state index in [4.69, 9.17) is 11.0 Å². The average molecular weight is 297 g/mol. The lowest BCUT2D eigenvalue weighted by Gasteiger charge is -2.20. The molecule has 0 bridgehead atoms. The normalized spacial score (nSPS) is 16.8. The Morgan fingerprint density at radius 1 is 1.45 bits per heavy atom. The number of nitrogens with two attached hydrogens (primary N) is 1. The molecule has 0 aliphatic heterocycles. The smallest absolute Gasteiger partial charge is 0.269 e. The maximum atomic E-state index is 10.8. The molecule has 0 amide bonds. The van der Waals surface area contributed by atoms with Crippen LogP contribution in [0.4, 0.5) is 5.69 Å². The van der Waals surface area contributed by atoms with Crippen molar-refractivity contribution in [1.82, 2.24) is 9.78 Å². The summed E-state index contributed by atoms with van der Waals surface area (Å²) in [5, 5.41) is 24.2. The predicted octanol–water partition coefficient (Wildman–Crippen LogP) is 2.32. The summed E-state index contributed by atoms with van der Waals surface area (Å²) in [7, 11) is 0. The van der Waals surface area contributed by atoms with E-state index in [0.717, 1.165) is 41.8 Å². The second-order valence-corrected chi connectivity index (χ2v) is 5.33. The van der Waals surface area contributed by atoms with Gasteiger partial charge in [-0.05, 0) is 31.4 Å². The first-order valence-corrected chi connectivity index (χ1v) is 7.08. The monoisotopic (exact) mass is 297 g/mol. The van der Waals surface area contributed by atoms with Crippen LogP contribution < -0.4 is 5.73 Å². The minimum atomic E-state index is -0.431. The van der Waals surface area contributed by atoms with Crippen LogP contribution in [0, 0.1) is 21.4 Å². The molecule has 0 saturated heterocycles. The molecule has 0 spiro atoms. The first-order chi connectivity index (χ1) is 10.6.